The van der Waals surface area contributed by atoms with Crippen LogP contribution in [0.1, 0.15) is 10.4 Å². The van der Waals surface area contributed by atoms with Gasteiger partial charge >= 0.3 is 0 Å². The molecule has 2 N–H and O–H groups in total. The highest BCUT2D eigenvalue weighted by atomic mass is 19.2. The van der Waals surface area contributed by atoms with E-state index in [1.165, 1.54) is 6.07 Å². The first kappa shape index (κ1) is 12.3. The van der Waals surface area contributed by atoms with Gasteiger partial charge in [0, 0.05) is 30.4 Å². The number of fused-ring (bicyclic) bond motifs is 3. The standard InChI is InChI=1S/C13H12FN5O/c1-18(14)13(20)7-3-4-10-8(5-7)9-6-16-19(2)11(9)12(15)17-10/h3-6H,1-2H3,(H2,15,17). The number of aromatic nitrogens is 3. The molecule has 7 heteroatoms. The number of hydrogen-bond acceptors (Lipinski definition) is 4. The topological polar surface area (TPSA) is 77.0 Å². The summed E-state index contributed by atoms with van der Waals surface area (Å²) in [7, 11) is 2.82. The molecule has 2 heterocycles. The lowest BCUT2D eigenvalue weighted by molar-refractivity contribution is 0.0343. The molecule has 3 rings (SSSR count). The number of nitrogen functional groups attached to an aromatic ring is 1. The fraction of sp³-hybridized carbons (Fsp3) is 0.154. The van der Waals surface area contributed by atoms with E-state index in [4.69, 9.17) is 5.73 Å². The fourth-order valence-corrected chi connectivity index (χ4v) is 2.28. The summed E-state index contributed by atoms with van der Waals surface area (Å²) < 4.78 is 14.6. The lowest BCUT2D eigenvalue weighted by atomic mass is 10.1. The molecular weight excluding hydrogens is 261 g/mol. The lowest BCUT2D eigenvalue weighted by Crippen LogP contribution is -2.17. The summed E-state index contributed by atoms with van der Waals surface area (Å²) >= 11 is 0. The first-order valence-electron chi connectivity index (χ1n) is 5.94. The van der Waals surface area contributed by atoms with E-state index in [1.807, 2.05) is 0 Å². The van der Waals surface area contributed by atoms with Gasteiger partial charge in [-0.15, -0.1) is 0 Å². The van der Waals surface area contributed by atoms with Crippen LogP contribution in [0.15, 0.2) is 24.4 Å². The number of rotatable bonds is 1. The molecule has 0 aliphatic heterocycles. The predicted octanol–water partition coefficient (Wildman–Crippen LogP) is 1.66. The zero-order valence-corrected chi connectivity index (χ0v) is 11.0. The highest BCUT2D eigenvalue weighted by molar-refractivity contribution is 6.10. The van der Waals surface area contributed by atoms with Crippen molar-refractivity contribution in [2.75, 3.05) is 12.8 Å². The summed E-state index contributed by atoms with van der Waals surface area (Å²) in [6.07, 6.45) is 1.66. The number of hydrogen-bond donors (Lipinski definition) is 1. The SMILES string of the molecule is CN(F)C(=O)c1ccc2nc(N)c3c(cnn3C)c2c1. The molecular formula is C13H12FN5O. The molecule has 0 spiro atoms. The maximum atomic E-state index is 13.0. The summed E-state index contributed by atoms with van der Waals surface area (Å²) in [4.78, 5) is 16.0. The van der Waals surface area contributed by atoms with E-state index >= 15 is 0 Å². The van der Waals surface area contributed by atoms with Crippen molar-refractivity contribution in [1.82, 2.24) is 19.9 Å². The Kier molecular flexibility index (Phi) is 2.56. The van der Waals surface area contributed by atoms with Gasteiger partial charge in [-0.3, -0.25) is 9.48 Å². The molecule has 0 atom stereocenters. The molecule has 0 unspecified atom stereocenters. The number of anilines is 1. The molecule has 0 radical (unpaired) electrons. The van der Waals surface area contributed by atoms with Gasteiger partial charge in [-0.25, -0.2) is 4.98 Å². The number of aryl methyl sites for hydroxylation is 1. The number of nitrogens with zero attached hydrogens (tertiary/aromatic N) is 4. The van der Waals surface area contributed by atoms with Gasteiger partial charge in [0.15, 0.2) is 0 Å². The van der Waals surface area contributed by atoms with Crippen LogP contribution in [0.4, 0.5) is 10.3 Å². The Labute approximate surface area is 113 Å². The molecule has 0 aliphatic rings. The summed E-state index contributed by atoms with van der Waals surface area (Å²) in [6.45, 7) is 0. The van der Waals surface area contributed by atoms with E-state index < -0.39 is 5.91 Å². The van der Waals surface area contributed by atoms with E-state index in [2.05, 4.69) is 10.1 Å². The quantitative estimate of drug-likeness (QED) is 0.684. The molecule has 2 aromatic heterocycles. The summed E-state index contributed by atoms with van der Waals surface area (Å²) in [5.74, 6) is -0.338. The Morgan fingerprint density at radius 1 is 1.40 bits per heavy atom. The molecule has 1 aromatic carbocycles. The van der Waals surface area contributed by atoms with Crippen LogP contribution in [0, 0.1) is 0 Å². The largest absolute Gasteiger partial charge is 0.382 e. The van der Waals surface area contributed by atoms with Gasteiger partial charge in [-0.2, -0.15) is 10.2 Å². The van der Waals surface area contributed by atoms with Gasteiger partial charge in [0.1, 0.15) is 11.3 Å². The highest BCUT2D eigenvalue weighted by Gasteiger charge is 2.15. The molecule has 0 bridgehead atoms. The van der Waals surface area contributed by atoms with Crippen molar-refractivity contribution in [2.24, 2.45) is 7.05 Å². The fourth-order valence-electron chi connectivity index (χ4n) is 2.28. The summed E-state index contributed by atoms with van der Waals surface area (Å²) in [6, 6.07) is 4.77. The van der Waals surface area contributed by atoms with Gasteiger partial charge in [0.25, 0.3) is 5.91 Å². The predicted molar refractivity (Wildman–Crippen MR) is 73.6 cm³/mol. The second kappa shape index (κ2) is 4.16. The van der Waals surface area contributed by atoms with Crippen molar-refractivity contribution in [1.29, 1.82) is 0 Å². The first-order valence-corrected chi connectivity index (χ1v) is 5.94. The van der Waals surface area contributed by atoms with Gasteiger partial charge in [-0.05, 0) is 18.2 Å². The van der Waals surface area contributed by atoms with Gasteiger partial charge in [0.05, 0.1) is 11.7 Å². The summed E-state index contributed by atoms with van der Waals surface area (Å²) in [5, 5.41) is 5.69. The normalized spacial score (nSPS) is 11.2. The minimum absolute atomic E-state index is 0.0480. The van der Waals surface area contributed by atoms with Crippen LogP contribution >= 0.6 is 0 Å². The second-order valence-corrected chi connectivity index (χ2v) is 4.54. The second-order valence-electron chi connectivity index (χ2n) is 4.54. The number of carbonyl (C=O) groups excluding carboxylic acids is 1. The molecule has 0 aliphatic carbocycles. The molecule has 102 valence electrons. The highest BCUT2D eigenvalue weighted by Crippen LogP contribution is 2.28. The number of halogens is 1. The zero-order chi connectivity index (χ0) is 14.4. The number of amides is 1. The molecule has 20 heavy (non-hydrogen) atoms. The lowest BCUT2D eigenvalue weighted by Gasteiger charge is -2.08. The molecule has 0 saturated carbocycles. The van der Waals surface area contributed by atoms with E-state index in [0.29, 0.717) is 16.9 Å². The van der Waals surface area contributed by atoms with Crippen LogP contribution in [-0.2, 0) is 7.05 Å². The van der Waals surface area contributed by atoms with Crippen LogP contribution in [0.5, 0.6) is 0 Å². The molecule has 3 aromatic rings. The molecule has 6 nitrogen and oxygen atoms in total. The third-order valence-corrected chi connectivity index (χ3v) is 3.24. The average Bonchev–Trinajstić information content (AvgIpc) is 2.81. The van der Waals surface area contributed by atoms with Crippen LogP contribution in [0.25, 0.3) is 21.8 Å². The van der Waals surface area contributed by atoms with E-state index in [9.17, 15) is 9.28 Å². The molecule has 0 saturated heterocycles. The summed E-state index contributed by atoms with van der Waals surface area (Å²) in [5.41, 5.74) is 7.49. The Balaban J connectivity index is 2.35. The Morgan fingerprint density at radius 3 is 2.85 bits per heavy atom. The minimum atomic E-state index is -0.708. The van der Waals surface area contributed by atoms with Crippen molar-refractivity contribution < 1.29 is 9.28 Å². The van der Waals surface area contributed by atoms with Gasteiger partial charge < -0.3 is 5.73 Å². The Morgan fingerprint density at radius 2 is 2.15 bits per heavy atom. The average molecular weight is 273 g/mol. The number of nitrogens with two attached hydrogens (primary N) is 1. The smallest absolute Gasteiger partial charge is 0.281 e. The third kappa shape index (κ3) is 1.67. The number of carbonyl (C=O) groups is 1. The van der Waals surface area contributed by atoms with Crippen molar-refractivity contribution in [3.05, 3.63) is 30.0 Å². The van der Waals surface area contributed by atoms with Crippen molar-refractivity contribution in [3.8, 4) is 0 Å². The Hall–Kier alpha value is -2.70. The van der Waals surface area contributed by atoms with E-state index in [1.54, 1.807) is 30.1 Å². The van der Waals surface area contributed by atoms with Crippen LogP contribution < -0.4 is 5.73 Å². The van der Waals surface area contributed by atoms with E-state index in [-0.39, 0.29) is 10.7 Å². The first-order chi connectivity index (χ1) is 9.49. The third-order valence-electron chi connectivity index (χ3n) is 3.24. The maximum Gasteiger partial charge on any atom is 0.281 e. The Bertz CT molecular complexity index is 840. The minimum Gasteiger partial charge on any atom is -0.382 e. The van der Waals surface area contributed by atoms with Crippen molar-refractivity contribution in [3.63, 3.8) is 0 Å². The van der Waals surface area contributed by atoms with Crippen molar-refractivity contribution in [2.45, 2.75) is 0 Å². The van der Waals surface area contributed by atoms with Crippen LogP contribution in [0.2, 0.25) is 0 Å². The van der Waals surface area contributed by atoms with Crippen molar-refractivity contribution >= 4 is 33.5 Å². The monoisotopic (exact) mass is 273 g/mol. The number of pyridine rings is 1. The zero-order valence-electron chi connectivity index (χ0n) is 11.0. The van der Waals surface area contributed by atoms with Crippen LogP contribution in [0.3, 0.4) is 0 Å². The number of benzene rings is 1. The van der Waals surface area contributed by atoms with E-state index in [0.717, 1.165) is 17.8 Å². The maximum absolute atomic E-state index is 13.0. The molecule has 1 amide bonds. The van der Waals surface area contributed by atoms with Gasteiger partial charge in [-0.1, -0.05) is 4.48 Å². The molecule has 0 fully saturated rings. The van der Waals surface area contributed by atoms with Gasteiger partial charge in [0.2, 0.25) is 0 Å². The van der Waals surface area contributed by atoms with Crippen LogP contribution in [-0.4, -0.2) is 32.8 Å².